The summed E-state index contributed by atoms with van der Waals surface area (Å²) in [5.41, 5.74) is -0.125. The largest absolute Gasteiger partial charge is 0.393 e. The highest BCUT2D eigenvalue weighted by Gasteiger charge is 2.67. The molecule has 192 valence electrons. The van der Waals surface area contributed by atoms with Gasteiger partial charge in [-0.1, -0.05) is 54.4 Å². The smallest absolute Gasteiger partial charge is 0.160 e. The molecule has 0 aromatic carbocycles. The number of hydrogen-bond acceptors (Lipinski definition) is 4. The molecule has 0 saturated heterocycles. The number of carbonyl (C=O) groups is 2. The van der Waals surface area contributed by atoms with Gasteiger partial charge in [0.15, 0.2) is 11.6 Å². The molecule has 0 amide bonds. The molecule has 0 aromatic rings. The van der Waals surface area contributed by atoms with Crippen LogP contribution in [0.5, 0.6) is 0 Å². The van der Waals surface area contributed by atoms with Crippen LogP contribution in [0.1, 0.15) is 113 Å². The maximum Gasteiger partial charge on any atom is 0.160 e. The minimum absolute atomic E-state index is 0.00451. The third-order valence-corrected chi connectivity index (χ3v) is 11.5. The van der Waals surface area contributed by atoms with Crippen LogP contribution in [0.2, 0.25) is 0 Å². The van der Waals surface area contributed by atoms with E-state index < -0.39 is 11.7 Å². The molecule has 2 fully saturated rings. The number of hydrogen-bond donors (Lipinski definition) is 2. The zero-order valence-electron chi connectivity index (χ0n) is 22.9. The van der Waals surface area contributed by atoms with E-state index in [-0.39, 0.29) is 39.1 Å². The fraction of sp³-hybridized carbons (Fsp3) is 0.867. The van der Waals surface area contributed by atoms with Gasteiger partial charge in [-0.2, -0.15) is 0 Å². The predicted octanol–water partition coefficient (Wildman–Crippen LogP) is 6.03. The summed E-state index contributed by atoms with van der Waals surface area (Å²) in [5.74, 6) is 1.22. The molecule has 0 aliphatic heterocycles. The van der Waals surface area contributed by atoms with Crippen LogP contribution in [0.15, 0.2) is 11.1 Å². The first-order valence-corrected chi connectivity index (χ1v) is 13.7. The highest BCUT2D eigenvalue weighted by molar-refractivity contribution is 6.11. The molecule has 0 bridgehead atoms. The van der Waals surface area contributed by atoms with Crippen molar-refractivity contribution in [2.45, 2.75) is 125 Å². The van der Waals surface area contributed by atoms with Crippen molar-refractivity contribution in [3.05, 3.63) is 11.1 Å². The summed E-state index contributed by atoms with van der Waals surface area (Å²) in [7, 11) is 0. The maximum absolute atomic E-state index is 14.0. The van der Waals surface area contributed by atoms with Gasteiger partial charge in [0.05, 0.1) is 11.7 Å². The van der Waals surface area contributed by atoms with Crippen molar-refractivity contribution in [1.29, 1.82) is 0 Å². The second kappa shape index (κ2) is 8.00. The van der Waals surface area contributed by atoms with Gasteiger partial charge in [0.1, 0.15) is 0 Å². The van der Waals surface area contributed by atoms with Gasteiger partial charge in [-0.3, -0.25) is 9.59 Å². The summed E-state index contributed by atoms with van der Waals surface area (Å²) < 4.78 is 0. The summed E-state index contributed by atoms with van der Waals surface area (Å²) in [4.78, 5) is 27.9. The van der Waals surface area contributed by atoms with E-state index >= 15 is 0 Å². The quantitative estimate of drug-likeness (QED) is 0.512. The van der Waals surface area contributed by atoms with Gasteiger partial charge in [0.2, 0.25) is 0 Å². The first-order valence-electron chi connectivity index (χ1n) is 13.7. The molecule has 7 atom stereocenters. The first-order chi connectivity index (χ1) is 15.5. The Hall–Kier alpha value is -1.00. The van der Waals surface area contributed by atoms with Crippen LogP contribution in [0.3, 0.4) is 0 Å². The number of allylic oxidation sites excluding steroid dienone is 2. The fourth-order valence-corrected chi connectivity index (χ4v) is 9.16. The lowest BCUT2D eigenvalue weighted by atomic mass is 9.43. The van der Waals surface area contributed by atoms with Gasteiger partial charge in [-0.15, -0.1) is 0 Å². The molecule has 0 spiro atoms. The molecule has 1 unspecified atom stereocenters. The van der Waals surface area contributed by atoms with Crippen molar-refractivity contribution in [2.75, 3.05) is 0 Å². The zero-order valence-corrected chi connectivity index (χ0v) is 22.9. The van der Waals surface area contributed by atoms with E-state index in [1.54, 1.807) is 0 Å². The lowest BCUT2D eigenvalue weighted by Crippen LogP contribution is -2.59. The molecule has 4 rings (SSSR count). The molecular weight excluding hydrogens is 424 g/mol. The molecule has 2 saturated carbocycles. The average Bonchev–Trinajstić information content (AvgIpc) is 2.97. The van der Waals surface area contributed by atoms with Crippen molar-refractivity contribution in [1.82, 2.24) is 0 Å². The minimum atomic E-state index is -0.643. The Kier molecular flexibility index (Phi) is 6.14. The van der Waals surface area contributed by atoms with Crippen LogP contribution in [0.25, 0.3) is 0 Å². The van der Waals surface area contributed by atoms with Gasteiger partial charge in [-0.05, 0) is 74.5 Å². The van der Waals surface area contributed by atoms with Crippen LogP contribution in [-0.2, 0) is 9.59 Å². The Balaban J connectivity index is 1.72. The molecule has 0 radical (unpaired) electrons. The highest BCUT2D eigenvalue weighted by atomic mass is 16.3. The first kappa shape index (κ1) is 26.1. The predicted molar refractivity (Wildman–Crippen MR) is 135 cm³/mol. The van der Waals surface area contributed by atoms with E-state index in [1.807, 2.05) is 13.8 Å². The van der Waals surface area contributed by atoms with Crippen LogP contribution in [0.4, 0.5) is 0 Å². The normalized spacial score (nSPS) is 42.8. The van der Waals surface area contributed by atoms with Crippen LogP contribution in [0, 0.1) is 39.4 Å². The van der Waals surface area contributed by atoms with Gasteiger partial charge in [0, 0.05) is 34.8 Å². The molecule has 4 heteroatoms. The van der Waals surface area contributed by atoms with E-state index in [9.17, 15) is 19.8 Å². The Labute approximate surface area is 207 Å². The SMILES string of the molecule is C[C@H](CCCC(C)(C)O)[C@H]1CC[C@@]2(C)C3=C(C(=O)C[C@]12C)[C@@]1(C)CCC(O)C(C)(C)[C@@H]1CC3=O. The summed E-state index contributed by atoms with van der Waals surface area (Å²) in [6, 6.07) is 0. The van der Waals surface area contributed by atoms with Gasteiger partial charge in [0.25, 0.3) is 0 Å². The topological polar surface area (TPSA) is 74.6 Å². The standard InChI is InChI=1S/C30H48O4/c1-18(10-9-13-26(2,3)34)19-11-15-29(7)25-20(31)16-22-27(4,5)23(33)12-14-28(22,6)24(25)21(32)17-30(19,29)8/h18-19,22-23,33-34H,9-17H2,1-8H3/t18-,19-,22+,23?,28+,29+,30-/m1/s1. The molecule has 0 heterocycles. The van der Waals surface area contributed by atoms with Crippen LogP contribution in [-0.4, -0.2) is 33.5 Å². The second-order valence-electron chi connectivity index (χ2n) is 14.4. The summed E-state index contributed by atoms with van der Waals surface area (Å²) in [6.45, 7) is 17.0. The number of aliphatic hydroxyl groups is 2. The Morgan fingerprint density at radius 2 is 1.65 bits per heavy atom. The van der Waals surface area contributed by atoms with Crippen molar-refractivity contribution >= 4 is 11.6 Å². The number of aliphatic hydroxyl groups excluding tert-OH is 1. The number of fused-ring (bicyclic) bond motifs is 4. The molecular formula is C30H48O4. The van der Waals surface area contributed by atoms with Crippen molar-refractivity contribution < 1.29 is 19.8 Å². The van der Waals surface area contributed by atoms with Gasteiger partial charge >= 0.3 is 0 Å². The van der Waals surface area contributed by atoms with E-state index in [4.69, 9.17) is 0 Å². The number of Topliss-reactive ketones (excluding diaryl/α,β-unsaturated/α-hetero) is 2. The Morgan fingerprint density at radius 3 is 2.26 bits per heavy atom. The van der Waals surface area contributed by atoms with Gasteiger partial charge < -0.3 is 10.2 Å². The Morgan fingerprint density at radius 1 is 1.00 bits per heavy atom. The zero-order chi connectivity index (χ0) is 25.5. The van der Waals surface area contributed by atoms with Crippen molar-refractivity contribution in [3.8, 4) is 0 Å². The van der Waals surface area contributed by atoms with Crippen LogP contribution < -0.4 is 0 Å². The number of rotatable bonds is 5. The van der Waals surface area contributed by atoms with E-state index in [0.29, 0.717) is 31.1 Å². The summed E-state index contributed by atoms with van der Waals surface area (Å²) in [6.07, 6.45) is 6.84. The van der Waals surface area contributed by atoms with E-state index in [2.05, 4.69) is 41.5 Å². The summed E-state index contributed by atoms with van der Waals surface area (Å²) in [5, 5.41) is 20.9. The monoisotopic (exact) mass is 472 g/mol. The lowest BCUT2D eigenvalue weighted by molar-refractivity contribution is -0.141. The molecule has 34 heavy (non-hydrogen) atoms. The van der Waals surface area contributed by atoms with Crippen LogP contribution >= 0.6 is 0 Å². The van der Waals surface area contributed by atoms with Crippen molar-refractivity contribution in [2.24, 2.45) is 39.4 Å². The van der Waals surface area contributed by atoms with Crippen molar-refractivity contribution in [3.63, 3.8) is 0 Å². The maximum atomic E-state index is 14.0. The van der Waals surface area contributed by atoms with E-state index in [0.717, 1.165) is 49.7 Å². The molecule has 4 aliphatic rings. The number of ketones is 2. The van der Waals surface area contributed by atoms with Gasteiger partial charge in [-0.25, -0.2) is 0 Å². The van der Waals surface area contributed by atoms with E-state index in [1.165, 1.54) is 0 Å². The third-order valence-electron chi connectivity index (χ3n) is 11.5. The Bertz CT molecular complexity index is 907. The second-order valence-corrected chi connectivity index (χ2v) is 14.4. The third kappa shape index (κ3) is 3.60. The highest BCUT2D eigenvalue weighted by Crippen LogP contribution is 2.71. The molecule has 4 aliphatic carbocycles. The fourth-order valence-electron chi connectivity index (χ4n) is 9.16. The average molecular weight is 473 g/mol. The minimum Gasteiger partial charge on any atom is -0.393 e. The number of carbonyl (C=O) groups excluding carboxylic acids is 2. The molecule has 0 aromatic heterocycles. The molecule has 2 N–H and O–H groups in total. The molecule has 4 nitrogen and oxygen atoms in total. The summed E-state index contributed by atoms with van der Waals surface area (Å²) >= 11 is 0. The lowest BCUT2D eigenvalue weighted by Gasteiger charge is -2.60.